The van der Waals surface area contributed by atoms with E-state index in [-0.39, 0.29) is 16.8 Å². The van der Waals surface area contributed by atoms with Crippen molar-refractivity contribution in [3.05, 3.63) is 23.8 Å². The van der Waals surface area contributed by atoms with Crippen LogP contribution in [0, 0.1) is 6.92 Å². The summed E-state index contributed by atoms with van der Waals surface area (Å²) in [6, 6.07) is 5.86. The lowest BCUT2D eigenvalue weighted by atomic mass is 10.2. The Morgan fingerprint density at radius 3 is 2.57 bits per heavy atom. The molecule has 2 amide bonds. The van der Waals surface area contributed by atoms with Crippen LogP contribution in [0.15, 0.2) is 23.1 Å². The molecule has 0 aliphatic heterocycles. The van der Waals surface area contributed by atoms with Gasteiger partial charge < -0.3 is 15.4 Å². The highest BCUT2D eigenvalue weighted by molar-refractivity contribution is 8.00. The van der Waals surface area contributed by atoms with Gasteiger partial charge in [-0.15, -0.1) is 11.8 Å². The lowest BCUT2D eigenvalue weighted by Crippen LogP contribution is -2.38. The van der Waals surface area contributed by atoms with Gasteiger partial charge in [0.2, 0.25) is 0 Å². The van der Waals surface area contributed by atoms with E-state index in [1.807, 2.05) is 37.7 Å². The average molecular weight is 310 g/mol. The van der Waals surface area contributed by atoms with Crippen molar-refractivity contribution in [2.24, 2.45) is 0 Å². The Hall–Kier alpha value is -1.20. The van der Waals surface area contributed by atoms with Gasteiger partial charge in [0.15, 0.2) is 0 Å². The van der Waals surface area contributed by atoms with Gasteiger partial charge in [-0.1, -0.05) is 20.8 Å². The van der Waals surface area contributed by atoms with Gasteiger partial charge >= 0.3 is 6.03 Å². The summed E-state index contributed by atoms with van der Waals surface area (Å²) in [7, 11) is 1.62. The number of benzene rings is 1. The molecule has 1 unspecified atom stereocenters. The van der Waals surface area contributed by atoms with Crippen molar-refractivity contribution in [3.8, 4) is 0 Å². The maximum atomic E-state index is 11.9. The molecular formula is C16H26N2O2S. The van der Waals surface area contributed by atoms with Gasteiger partial charge in [0, 0.05) is 22.4 Å². The van der Waals surface area contributed by atoms with Crippen molar-refractivity contribution >= 4 is 23.5 Å². The van der Waals surface area contributed by atoms with Crippen LogP contribution in [-0.4, -0.2) is 30.5 Å². The van der Waals surface area contributed by atoms with Crippen LogP contribution in [-0.2, 0) is 4.74 Å². The highest BCUT2D eigenvalue weighted by atomic mass is 32.2. The first-order valence-electron chi connectivity index (χ1n) is 7.07. The van der Waals surface area contributed by atoms with Gasteiger partial charge in [0.05, 0.1) is 12.6 Å². The zero-order valence-electron chi connectivity index (χ0n) is 13.7. The molecule has 118 valence electrons. The van der Waals surface area contributed by atoms with Crippen LogP contribution < -0.4 is 10.6 Å². The molecule has 1 aromatic rings. The molecule has 21 heavy (non-hydrogen) atoms. The highest BCUT2D eigenvalue weighted by Gasteiger charge is 2.13. The number of aryl methyl sites for hydroxylation is 1. The molecule has 5 heteroatoms. The number of rotatable bonds is 5. The van der Waals surface area contributed by atoms with Gasteiger partial charge in [0.1, 0.15) is 0 Å². The fourth-order valence-electron chi connectivity index (χ4n) is 1.87. The summed E-state index contributed by atoms with van der Waals surface area (Å²) in [5, 5.41) is 5.70. The van der Waals surface area contributed by atoms with Gasteiger partial charge in [-0.2, -0.15) is 0 Å². The van der Waals surface area contributed by atoms with Crippen LogP contribution >= 0.6 is 11.8 Å². The van der Waals surface area contributed by atoms with E-state index in [4.69, 9.17) is 4.74 Å². The van der Waals surface area contributed by atoms with E-state index >= 15 is 0 Å². The Morgan fingerprint density at radius 1 is 1.38 bits per heavy atom. The molecule has 1 rings (SSSR count). The molecule has 0 bridgehead atoms. The predicted molar refractivity (Wildman–Crippen MR) is 90.3 cm³/mol. The normalized spacial score (nSPS) is 12.9. The largest absolute Gasteiger partial charge is 0.383 e. The molecular weight excluding hydrogens is 284 g/mol. The van der Waals surface area contributed by atoms with Crippen LogP contribution in [0.2, 0.25) is 0 Å². The SMILES string of the molecule is COCC(C)NC(=O)Nc1ccc(SC(C)(C)C)cc1C. The number of nitrogens with one attached hydrogen (secondary N) is 2. The van der Waals surface area contributed by atoms with Crippen molar-refractivity contribution in [3.63, 3.8) is 0 Å². The number of thioether (sulfide) groups is 1. The molecule has 0 aliphatic rings. The fourth-order valence-corrected chi connectivity index (χ4v) is 2.95. The van der Waals surface area contributed by atoms with Crippen molar-refractivity contribution < 1.29 is 9.53 Å². The van der Waals surface area contributed by atoms with Crippen molar-refractivity contribution in [2.45, 2.75) is 50.3 Å². The monoisotopic (exact) mass is 310 g/mol. The fraction of sp³-hybridized carbons (Fsp3) is 0.562. The Bertz CT molecular complexity index is 484. The number of amides is 2. The third-order valence-corrected chi connectivity index (χ3v) is 3.77. The van der Waals surface area contributed by atoms with E-state index in [0.29, 0.717) is 6.61 Å². The second-order valence-electron chi connectivity index (χ2n) is 6.15. The Morgan fingerprint density at radius 2 is 2.05 bits per heavy atom. The van der Waals surface area contributed by atoms with Gasteiger partial charge in [0.25, 0.3) is 0 Å². The molecule has 0 fully saturated rings. The minimum atomic E-state index is -0.209. The van der Waals surface area contributed by atoms with Crippen molar-refractivity contribution in [1.29, 1.82) is 0 Å². The number of ether oxygens (including phenoxy) is 1. The number of urea groups is 1. The summed E-state index contributed by atoms with van der Waals surface area (Å²) in [6.45, 7) is 10.9. The standard InChI is InChI=1S/C16H26N2O2S/c1-11-9-13(21-16(3,4)5)7-8-14(11)18-15(19)17-12(2)10-20-6/h7-9,12H,10H2,1-6H3,(H2,17,18,19). The smallest absolute Gasteiger partial charge is 0.319 e. The molecule has 0 aromatic heterocycles. The Labute approximate surface area is 132 Å². The molecule has 2 N–H and O–H groups in total. The summed E-state index contributed by atoms with van der Waals surface area (Å²) < 4.78 is 5.17. The second-order valence-corrected chi connectivity index (χ2v) is 8.05. The number of anilines is 1. The van der Waals surface area contributed by atoms with Crippen LogP contribution in [0.5, 0.6) is 0 Å². The molecule has 0 saturated heterocycles. The summed E-state index contributed by atoms with van der Waals surface area (Å²) >= 11 is 1.81. The maximum absolute atomic E-state index is 11.9. The topological polar surface area (TPSA) is 50.4 Å². The summed E-state index contributed by atoms with van der Waals surface area (Å²) in [4.78, 5) is 13.1. The van der Waals surface area contributed by atoms with Crippen LogP contribution in [0.1, 0.15) is 33.3 Å². The lowest BCUT2D eigenvalue weighted by Gasteiger charge is -2.19. The number of hydrogen-bond donors (Lipinski definition) is 2. The quantitative estimate of drug-likeness (QED) is 0.807. The molecule has 0 saturated carbocycles. The maximum Gasteiger partial charge on any atom is 0.319 e. The summed E-state index contributed by atoms with van der Waals surface area (Å²) in [6.07, 6.45) is 0. The molecule has 1 aromatic carbocycles. The molecule has 1 atom stereocenters. The van der Waals surface area contributed by atoms with Crippen molar-refractivity contribution in [2.75, 3.05) is 19.0 Å². The summed E-state index contributed by atoms with van der Waals surface area (Å²) in [5.41, 5.74) is 1.88. The van der Waals surface area contributed by atoms with E-state index < -0.39 is 0 Å². The third-order valence-electron chi connectivity index (χ3n) is 2.66. The first kappa shape index (κ1) is 17.9. The van der Waals surface area contributed by atoms with Crippen LogP contribution in [0.4, 0.5) is 10.5 Å². The lowest BCUT2D eigenvalue weighted by molar-refractivity contribution is 0.173. The number of carbonyl (C=O) groups is 1. The minimum Gasteiger partial charge on any atom is -0.383 e. The Balaban J connectivity index is 2.66. The van der Waals surface area contributed by atoms with Crippen LogP contribution in [0.25, 0.3) is 0 Å². The molecule has 0 heterocycles. The Kier molecular flexibility index (Phi) is 6.55. The van der Waals surface area contributed by atoms with E-state index in [9.17, 15) is 4.79 Å². The molecule has 0 radical (unpaired) electrons. The first-order valence-corrected chi connectivity index (χ1v) is 7.89. The number of carbonyl (C=O) groups excluding carboxylic acids is 1. The summed E-state index contributed by atoms with van der Waals surface area (Å²) in [5.74, 6) is 0. The second kappa shape index (κ2) is 7.71. The molecule has 0 aliphatic carbocycles. The third kappa shape index (κ3) is 6.87. The molecule has 4 nitrogen and oxygen atoms in total. The first-order chi connectivity index (χ1) is 9.71. The zero-order chi connectivity index (χ0) is 16.0. The van der Waals surface area contributed by atoms with E-state index in [1.54, 1.807) is 7.11 Å². The van der Waals surface area contributed by atoms with Gasteiger partial charge in [-0.3, -0.25) is 0 Å². The number of methoxy groups -OCH3 is 1. The zero-order valence-corrected chi connectivity index (χ0v) is 14.6. The van der Waals surface area contributed by atoms with Crippen molar-refractivity contribution in [1.82, 2.24) is 5.32 Å². The average Bonchev–Trinajstić information content (AvgIpc) is 2.30. The highest BCUT2D eigenvalue weighted by Crippen LogP contribution is 2.33. The van der Waals surface area contributed by atoms with Gasteiger partial charge in [-0.25, -0.2) is 4.79 Å². The van der Waals surface area contributed by atoms with E-state index in [2.05, 4.69) is 37.5 Å². The van der Waals surface area contributed by atoms with E-state index in [0.717, 1.165) is 11.3 Å². The predicted octanol–water partition coefficient (Wildman–Crippen LogP) is 4.04. The van der Waals surface area contributed by atoms with Gasteiger partial charge in [-0.05, 0) is 37.6 Å². The van der Waals surface area contributed by atoms with Crippen LogP contribution in [0.3, 0.4) is 0 Å². The number of hydrogen-bond acceptors (Lipinski definition) is 3. The van der Waals surface area contributed by atoms with E-state index in [1.165, 1.54) is 4.90 Å². The minimum absolute atomic E-state index is 0.0222. The molecule has 0 spiro atoms.